The number of carbonyl (C=O) groups excluding carboxylic acids is 2. The first-order valence-electron chi connectivity index (χ1n) is 4.65. The van der Waals surface area contributed by atoms with Crippen LogP contribution in [-0.4, -0.2) is 25.7 Å². The van der Waals surface area contributed by atoms with Crippen LogP contribution in [0.25, 0.3) is 0 Å². The van der Waals surface area contributed by atoms with E-state index in [4.69, 9.17) is 4.74 Å². The zero-order valence-electron chi connectivity index (χ0n) is 8.95. The van der Waals surface area contributed by atoms with Crippen LogP contribution >= 0.6 is 22.6 Å². The molecule has 5 heteroatoms. The number of hydrogen-bond donors (Lipinski definition) is 0. The molecule has 0 saturated carbocycles. The summed E-state index contributed by atoms with van der Waals surface area (Å²) in [5.41, 5.74) is 0.719. The fraction of sp³-hybridized carbons (Fsp3) is 0.273. The van der Waals surface area contributed by atoms with Crippen LogP contribution in [0.2, 0.25) is 0 Å². The lowest BCUT2D eigenvalue weighted by Gasteiger charge is -2.05. The van der Waals surface area contributed by atoms with Gasteiger partial charge in [0.2, 0.25) is 0 Å². The smallest absolute Gasteiger partial charge is 0.338 e. The largest absolute Gasteiger partial charge is 0.465 e. The topological polar surface area (TPSA) is 52.6 Å². The SMILES string of the molecule is CCOC(=O)c1ccc(I)c(C(=O)OC)c1. The Kier molecular flexibility index (Phi) is 4.72. The Morgan fingerprint density at radius 2 is 2.00 bits per heavy atom. The maximum absolute atomic E-state index is 11.4. The molecule has 0 fully saturated rings. The van der Waals surface area contributed by atoms with E-state index in [0.29, 0.717) is 17.7 Å². The molecule has 1 rings (SSSR count). The van der Waals surface area contributed by atoms with E-state index in [9.17, 15) is 9.59 Å². The molecule has 0 radical (unpaired) electrons. The second-order valence-corrected chi connectivity index (χ2v) is 4.07. The van der Waals surface area contributed by atoms with E-state index in [-0.39, 0.29) is 0 Å². The number of ether oxygens (including phenoxy) is 2. The van der Waals surface area contributed by atoms with Crippen LogP contribution in [0.1, 0.15) is 27.6 Å². The number of benzene rings is 1. The van der Waals surface area contributed by atoms with Gasteiger partial charge in [0.25, 0.3) is 0 Å². The second kappa shape index (κ2) is 5.83. The summed E-state index contributed by atoms with van der Waals surface area (Å²) in [5, 5.41) is 0. The molecule has 0 atom stereocenters. The first-order chi connectivity index (χ1) is 7.60. The summed E-state index contributed by atoms with van der Waals surface area (Å²) in [6.07, 6.45) is 0. The van der Waals surface area contributed by atoms with E-state index in [1.165, 1.54) is 13.2 Å². The quantitative estimate of drug-likeness (QED) is 0.629. The molecule has 4 nitrogen and oxygen atoms in total. The van der Waals surface area contributed by atoms with Crippen LogP contribution in [0.4, 0.5) is 0 Å². The molecule has 0 heterocycles. The Balaban J connectivity index is 3.07. The fourth-order valence-corrected chi connectivity index (χ4v) is 1.69. The minimum atomic E-state index is -0.462. The van der Waals surface area contributed by atoms with Gasteiger partial charge in [0.15, 0.2) is 0 Å². The zero-order valence-corrected chi connectivity index (χ0v) is 11.1. The van der Waals surface area contributed by atoms with E-state index < -0.39 is 11.9 Å². The van der Waals surface area contributed by atoms with Crippen molar-refractivity contribution in [2.75, 3.05) is 13.7 Å². The number of methoxy groups -OCH3 is 1. The van der Waals surface area contributed by atoms with E-state index in [0.717, 1.165) is 3.57 Å². The van der Waals surface area contributed by atoms with Gasteiger partial charge in [-0.25, -0.2) is 9.59 Å². The van der Waals surface area contributed by atoms with Crippen LogP contribution in [0.3, 0.4) is 0 Å². The molecule has 0 aliphatic rings. The monoisotopic (exact) mass is 334 g/mol. The molecular weight excluding hydrogens is 323 g/mol. The average molecular weight is 334 g/mol. The Bertz CT molecular complexity index is 414. The lowest BCUT2D eigenvalue weighted by molar-refractivity contribution is 0.0526. The molecule has 0 amide bonds. The van der Waals surface area contributed by atoms with Crippen molar-refractivity contribution in [3.63, 3.8) is 0 Å². The van der Waals surface area contributed by atoms with Crippen LogP contribution in [-0.2, 0) is 9.47 Å². The van der Waals surface area contributed by atoms with Crippen molar-refractivity contribution < 1.29 is 19.1 Å². The lowest BCUT2D eigenvalue weighted by Crippen LogP contribution is -2.09. The average Bonchev–Trinajstić information content (AvgIpc) is 2.29. The summed E-state index contributed by atoms with van der Waals surface area (Å²) in [6, 6.07) is 4.77. The van der Waals surface area contributed by atoms with Gasteiger partial charge >= 0.3 is 11.9 Å². The van der Waals surface area contributed by atoms with E-state index in [2.05, 4.69) is 4.74 Å². The molecule has 86 valence electrons. The van der Waals surface area contributed by atoms with Gasteiger partial charge in [0.1, 0.15) is 0 Å². The third kappa shape index (κ3) is 2.94. The summed E-state index contributed by atoms with van der Waals surface area (Å²) in [6.45, 7) is 2.03. The first-order valence-corrected chi connectivity index (χ1v) is 5.73. The highest BCUT2D eigenvalue weighted by Gasteiger charge is 2.14. The number of rotatable bonds is 3. The third-order valence-corrected chi connectivity index (χ3v) is 2.82. The molecule has 0 bridgehead atoms. The maximum atomic E-state index is 11.4. The van der Waals surface area contributed by atoms with Crippen molar-refractivity contribution in [1.29, 1.82) is 0 Å². The third-order valence-electron chi connectivity index (χ3n) is 1.88. The van der Waals surface area contributed by atoms with Gasteiger partial charge in [0, 0.05) is 3.57 Å². The molecule has 0 aliphatic carbocycles. The molecule has 0 spiro atoms. The number of hydrogen-bond acceptors (Lipinski definition) is 4. The predicted octanol–water partition coefficient (Wildman–Crippen LogP) is 2.25. The van der Waals surface area contributed by atoms with Gasteiger partial charge in [-0.15, -0.1) is 0 Å². The van der Waals surface area contributed by atoms with Crippen LogP contribution in [0.15, 0.2) is 18.2 Å². The van der Waals surface area contributed by atoms with E-state index in [1.54, 1.807) is 19.1 Å². The zero-order chi connectivity index (χ0) is 12.1. The van der Waals surface area contributed by atoms with E-state index in [1.807, 2.05) is 22.6 Å². The van der Waals surface area contributed by atoms with Crippen molar-refractivity contribution in [3.05, 3.63) is 32.9 Å². The normalized spacial score (nSPS) is 9.69. The van der Waals surface area contributed by atoms with Gasteiger partial charge < -0.3 is 9.47 Å². The second-order valence-electron chi connectivity index (χ2n) is 2.91. The highest BCUT2D eigenvalue weighted by atomic mass is 127. The summed E-state index contributed by atoms with van der Waals surface area (Å²) in [5.74, 6) is -0.903. The predicted molar refractivity (Wildman–Crippen MR) is 66.5 cm³/mol. The highest BCUT2D eigenvalue weighted by Crippen LogP contribution is 2.16. The van der Waals surface area contributed by atoms with Gasteiger partial charge in [-0.2, -0.15) is 0 Å². The molecule has 0 aromatic heterocycles. The van der Waals surface area contributed by atoms with Gasteiger partial charge in [-0.3, -0.25) is 0 Å². The van der Waals surface area contributed by atoms with Crippen molar-refractivity contribution in [2.24, 2.45) is 0 Å². The Hall–Kier alpha value is -1.11. The van der Waals surface area contributed by atoms with Crippen molar-refractivity contribution in [3.8, 4) is 0 Å². The molecule has 0 N–H and O–H groups in total. The molecule has 1 aromatic rings. The molecule has 0 aliphatic heterocycles. The minimum Gasteiger partial charge on any atom is -0.465 e. The minimum absolute atomic E-state index is 0.304. The summed E-state index contributed by atoms with van der Waals surface area (Å²) in [4.78, 5) is 22.8. The van der Waals surface area contributed by atoms with Gasteiger partial charge in [-0.05, 0) is 47.7 Å². The Labute approximate surface area is 107 Å². The fourth-order valence-electron chi connectivity index (χ4n) is 1.13. The van der Waals surface area contributed by atoms with Crippen LogP contribution in [0.5, 0.6) is 0 Å². The molecule has 16 heavy (non-hydrogen) atoms. The number of halogens is 1. The van der Waals surface area contributed by atoms with Crippen molar-refractivity contribution >= 4 is 34.5 Å². The molecular formula is C11H11IO4. The van der Waals surface area contributed by atoms with Crippen molar-refractivity contribution in [1.82, 2.24) is 0 Å². The maximum Gasteiger partial charge on any atom is 0.338 e. The van der Waals surface area contributed by atoms with E-state index >= 15 is 0 Å². The van der Waals surface area contributed by atoms with Crippen LogP contribution < -0.4 is 0 Å². The lowest BCUT2D eigenvalue weighted by atomic mass is 10.1. The Morgan fingerprint density at radius 1 is 1.31 bits per heavy atom. The van der Waals surface area contributed by atoms with Gasteiger partial charge in [-0.1, -0.05) is 0 Å². The Morgan fingerprint density at radius 3 is 2.56 bits per heavy atom. The summed E-state index contributed by atoms with van der Waals surface area (Å²) in [7, 11) is 1.30. The van der Waals surface area contributed by atoms with Gasteiger partial charge in [0.05, 0.1) is 24.8 Å². The molecule has 0 unspecified atom stereocenters. The van der Waals surface area contributed by atoms with Crippen LogP contribution in [0, 0.1) is 3.57 Å². The number of esters is 2. The van der Waals surface area contributed by atoms with Crippen molar-refractivity contribution in [2.45, 2.75) is 6.92 Å². The molecule has 1 aromatic carbocycles. The molecule has 0 saturated heterocycles. The summed E-state index contributed by atoms with van der Waals surface area (Å²) < 4.78 is 10.2. The number of carbonyl (C=O) groups is 2. The summed E-state index contributed by atoms with van der Waals surface area (Å²) >= 11 is 2.01. The standard InChI is InChI=1S/C11H11IO4/c1-3-16-10(13)7-4-5-9(12)8(6-7)11(14)15-2/h4-6H,3H2,1-2H3. The first kappa shape index (κ1) is 13.0. The highest BCUT2D eigenvalue weighted by molar-refractivity contribution is 14.1.